The number of hydrogen-bond donors (Lipinski definition) is 0. The topological polar surface area (TPSA) is 76.3 Å². The molecular weight excluding hydrogens is 362 g/mol. The van der Waals surface area contributed by atoms with Crippen molar-refractivity contribution in [3.63, 3.8) is 0 Å². The molecule has 0 radical (unpaired) electrons. The monoisotopic (exact) mass is 391 g/mol. The summed E-state index contributed by atoms with van der Waals surface area (Å²) in [6.45, 7) is 11.0. The molecule has 0 amide bonds. The zero-order valence-electron chi connectivity index (χ0n) is 16.8. The second-order valence-electron chi connectivity index (χ2n) is 8.74. The quantitative estimate of drug-likeness (QED) is 0.791. The second-order valence-corrected chi connectivity index (χ2v) is 10.6. The van der Waals surface area contributed by atoms with Crippen molar-refractivity contribution in [2.24, 2.45) is 5.41 Å². The molecule has 0 spiro atoms. The lowest BCUT2D eigenvalue weighted by Crippen LogP contribution is -2.39. The highest BCUT2D eigenvalue weighted by atomic mass is 32.2. The fourth-order valence-corrected chi connectivity index (χ4v) is 5.28. The predicted molar refractivity (Wildman–Crippen MR) is 104 cm³/mol. The van der Waals surface area contributed by atoms with E-state index in [9.17, 15) is 8.42 Å². The maximum Gasteiger partial charge on any atom is 0.243 e. The smallest absolute Gasteiger partial charge is 0.243 e. The normalized spacial score (nSPS) is 19.4. The molecule has 1 atom stereocenters. The van der Waals surface area contributed by atoms with Gasteiger partial charge in [-0.15, -0.1) is 10.2 Å². The number of rotatable bonds is 4. The van der Waals surface area contributed by atoms with Gasteiger partial charge in [-0.1, -0.05) is 32.9 Å². The summed E-state index contributed by atoms with van der Waals surface area (Å²) in [6, 6.07) is 5.55. The lowest BCUT2D eigenvalue weighted by Gasteiger charge is -2.30. The summed E-state index contributed by atoms with van der Waals surface area (Å²) >= 11 is 0. The van der Waals surface area contributed by atoms with Crippen molar-refractivity contribution >= 4 is 10.0 Å². The van der Waals surface area contributed by atoms with Gasteiger partial charge in [-0.25, -0.2) is 8.42 Å². The van der Waals surface area contributed by atoms with E-state index in [1.165, 1.54) is 0 Å². The van der Waals surface area contributed by atoms with Crippen LogP contribution in [0.1, 0.15) is 62.4 Å². The zero-order chi connectivity index (χ0) is 19.8. The molecule has 1 saturated heterocycles. The average Bonchev–Trinajstić information content (AvgIpc) is 3.03. The number of aryl methyl sites for hydroxylation is 2. The number of piperidine rings is 1. The Morgan fingerprint density at radius 1 is 1.22 bits per heavy atom. The second kappa shape index (κ2) is 7.36. The van der Waals surface area contributed by atoms with Crippen molar-refractivity contribution in [3.8, 4) is 0 Å². The Morgan fingerprint density at radius 2 is 1.96 bits per heavy atom. The van der Waals surface area contributed by atoms with Crippen molar-refractivity contribution < 1.29 is 12.8 Å². The molecule has 1 aliphatic rings. The van der Waals surface area contributed by atoms with Crippen LogP contribution in [-0.4, -0.2) is 36.0 Å². The molecule has 0 saturated carbocycles. The Labute approximate surface area is 162 Å². The maximum atomic E-state index is 13.2. The Balaban J connectivity index is 1.81. The number of sulfonamides is 1. The van der Waals surface area contributed by atoms with Crippen LogP contribution in [0.3, 0.4) is 0 Å². The Morgan fingerprint density at radius 3 is 2.67 bits per heavy atom. The van der Waals surface area contributed by atoms with Gasteiger partial charge in [0.2, 0.25) is 21.8 Å². The molecule has 148 valence electrons. The molecule has 27 heavy (non-hydrogen) atoms. The van der Waals surface area contributed by atoms with E-state index < -0.39 is 10.0 Å². The van der Waals surface area contributed by atoms with Gasteiger partial charge in [0.1, 0.15) is 0 Å². The van der Waals surface area contributed by atoms with E-state index >= 15 is 0 Å². The SMILES string of the molecule is Cc1ccc(C)c(S(=O)(=O)N2CCC[C@@H](c3nnc(CC(C)(C)C)o3)C2)c1. The van der Waals surface area contributed by atoms with Crippen LogP contribution in [0.4, 0.5) is 0 Å². The van der Waals surface area contributed by atoms with E-state index in [-0.39, 0.29) is 11.3 Å². The first-order valence-electron chi connectivity index (χ1n) is 9.46. The van der Waals surface area contributed by atoms with Crippen LogP contribution >= 0.6 is 0 Å². The summed E-state index contributed by atoms with van der Waals surface area (Å²) in [5.41, 5.74) is 1.78. The summed E-state index contributed by atoms with van der Waals surface area (Å²) in [4.78, 5) is 0.391. The van der Waals surface area contributed by atoms with Crippen molar-refractivity contribution in [1.29, 1.82) is 0 Å². The summed E-state index contributed by atoms with van der Waals surface area (Å²) in [5, 5.41) is 8.37. The van der Waals surface area contributed by atoms with E-state index in [1.54, 1.807) is 10.4 Å². The molecule has 3 rings (SSSR count). The fourth-order valence-electron chi connectivity index (χ4n) is 3.44. The molecule has 0 aliphatic carbocycles. The van der Waals surface area contributed by atoms with E-state index in [0.717, 1.165) is 24.0 Å². The first-order chi connectivity index (χ1) is 12.6. The molecule has 1 aromatic carbocycles. The molecule has 2 aromatic rings. The van der Waals surface area contributed by atoms with Crippen molar-refractivity contribution in [1.82, 2.24) is 14.5 Å². The van der Waals surface area contributed by atoms with Crippen LogP contribution in [0.15, 0.2) is 27.5 Å². The molecular formula is C20H29N3O3S. The van der Waals surface area contributed by atoms with E-state index in [0.29, 0.717) is 36.2 Å². The van der Waals surface area contributed by atoms with Crippen molar-refractivity contribution in [2.45, 2.75) is 64.7 Å². The first kappa shape index (κ1) is 20.0. The maximum absolute atomic E-state index is 13.2. The van der Waals surface area contributed by atoms with Gasteiger partial charge in [0.05, 0.1) is 10.8 Å². The fraction of sp³-hybridized carbons (Fsp3) is 0.600. The third-order valence-corrected chi connectivity index (χ3v) is 6.87. The van der Waals surface area contributed by atoms with Crippen molar-refractivity contribution in [3.05, 3.63) is 41.1 Å². The molecule has 1 aromatic heterocycles. The number of hydrogen-bond acceptors (Lipinski definition) is 5. The summed E-state index contributed by atoms with van der Waals surface area (Å²) in [6.07, 6.45) is 2.35. The highest BCUT2D eigenvalue weighted by Crippen LogP contribution is 2.31. The minimum Gasteiger partial charge on any atom is -0.425 e. The van der Waals surface area contributed by atoms with Crippen LogP contribution in [0.5, 0.6) is 0 Å². The molecule has 0 unspecified atom stereocenters. The van der Waals surface area contributed by atoms with Crippen LogP contribution in [0.25, 0.3) is 0 Å². The minimum absolute atomic E-state index is 0.0557. The molecule has 2 heterocycles. The largest absolute Gasteiger partial charge is 0.425 e. The van der Waals surface area contributed by atoms with E-state index in [2.05, 4.69) is 31.0 Å². The highest BCUT2D eigenvalue weighted by Gasteiger charge is 2.34. The molecule has 0 bridgehead atoms. The average molecular weight is 392 g/mol. The predicted octanol–water partition coefficient (Wildman–Crippen LogP) is 3.84. The minimum atomic E-state index is -3.53. The van der Waals surface area contributed by atoms with Crippen LogP contribution in [0.2, 0.25) is 0 Å². The lowest BCUT2D eigenvalue weighted by atomic mass is 9.92. The van der Waals surface area contributed by atoms with Gasteiger partial charge in [0.15, 0.2) is 0 Å². The first-order valence-corrected chi connectivity index (χ1v) is 10.9. The number of benzene rings is 1. The third-order valence-electron chi connectivity index (χ3n) is 4.86. The van der Waals surface area contributed by atoms with Crippen LogP contribution in [0, 0.1) is 19.3 Å². The van der Waals surface area contributed by atoms with Gasteiger partial charge >= 0.3 is 0 Å². The van der Waals surface area contributed by atoms with Gasteiger partial charge < -0.3 is 4.42 Å². The highest BCUT2D eigenvalue weighted by molar-refractivity contribution is 7.89. The third kappa shape index (κ3) is 4.58. The summed E-state index contributed by atoms with van der Waals surface area (Å²) < 4.78 is 33.8. The van der Waals surface area contributed by atoms with Crippen LogP contribution < -0.4 is 0 Å². The summed E-state index contributed by atoms with van der Waals surface area (Å²) in [5.74, 6) is 1.11. The van der Waals surface area contributed by atoms with Gasteiger partial charge in [-0.2, -0.15) is 4.31 Å². The summed E-state index contributed by atoms with van der Waals surface area (Å²) in [7, 11) is -3.53. The van der Waals surface area contributed by atoms with Gasteiger partial charge in [-0.05, 0) is 49.3 Å². The Hall–Kier alpha value is -1.73. The number of nitrogens with zero attached hydrogens (tertiary/aromatic N) is 3. The Bertz CT molecular complexity index is 913. The standard InChI is InChI=1S/C20H29N3O3S/c1-14-8-9-15(2)17(11-14)27(24,25)23-10-6-7-16(13-23)19-22-21-18(26-19)12-20(3,4)5/h8-9,11,16H,6-7,10,12-13H2,1-5H3/t16-/m1/s1. The van der Waals surface area contributed by atoms with E-state index in [1.807, 2.05) is 26.0 Å². The molecule has 7 heteroatoms. The van der Waals surface area contributed by atoms with Crippen LogP contribution in [-0.2, 0) is 16.4 Å². The molecule has 1 fully saturated rings. The molecule has 6 nitrogen and oxygen atoms in total. The van der Waals surface area contributed by atoms with Gasteiger partial charge in [0.25, 0.3) is 0 Å². The van der Waals surface area contributed by atoms with Gasteiger partial charge in [0, 0.05) is 19.5 Å². The molecule has 1 aliphatic heterocycles. The van der Waals surface area contributed by atoms with Gasteiger partial charge in [-0.3, -0.25) is 0 Å². The zero-order valence-corrected chi connectivity index (χ0v) is 17.6. The number of aromatic nitrogens is 2. The Kier molecular flexibility index (Phi) is 5.45. The molecule has 0 N–H and O–H groups in total. The van der Waals surface area contributed by atoms with Crippen molar-refractivity contribution in [2.75, 3.05) is 13.1 Å². The van der Waals surface area contributed by atoms with E-state index in [4.69, 9.17) is 4.42 Å². The lowest BCUT2D eigenvalue weighted by molar-refractivity contribution is 0.274.